The average molecular weight is 538 g/mol. The molecule has 2 aromatic rings. The van der Waals surface area contributed by atoms with Crippen molar-refractivity contribution < 1.29 is 28.8 Å². The number of nitrogen functional groups attached to an aromatic ring is 1. The summed E-state index contributed by atoms with van der Waals surface area (Å²) in [4.78, 5) is 67.8. The summed E-state index contributed by atoms with van der Waals surface area (Å²) in [7, 11) is 0. The normalized spacial score (nSPS) is 17.6. The average Bonchev–Trinajstić information content (AvgIpc) is 2.90. The van der Waals surface area contributed by atoms with Gasteiger partial charge in [0, 0.05) is 34.8 Å². The quantitative estimate of drug-likeness (QED) is 0.270. The fourth-order valence-corrected chi connectivity index (χ4v) is 4.48. The number of rotatable bonds is 6. The largest absolute Gasteiger partial charge is 0.399 e. The minimum Gasteiger partial charge on any atom is -0.399 e. The maximum atomic E-state index is 13.4. The smallest absolute Gasteiger partial charge is 0.373 e. The molecule has 3 amide bonds. The number of benzene rings is 2. The summed E-state index contributed by atoms with van der Waals surface area (Å²) in [5.74, 6) is -2.11. The van der Waals surface area contributed by atoms with E-state index in [1.54, 1.807) is 36.4 Å². The molecule has 8 N–H and O–H groups in total. The summed E-state index contributed by atoms with van der Waals surface area (Å²) in [6.45, 7) is 2.31. The second-order valence-electron chi connectivity index (χ2n) is 9.31. The number of ketones is 1. The second kappa shape index (κ2) is 15.2. The summed E-state index contributed by atoms with van der Waals surface area (Å²) in [5, 5.41) is 5.79. The number of fused-ring (bicyclic) bond motifs is 2. The number of anilines is 2. The molecule has 0 aromatic heterocycles. The molecule has 0 aliphatic carbocycles. The zero-order valence-electron chi connectivity index (χ0n) is 22.0. The van der Waals surface area contributed by atoms with Crippen molar-refractivity contribution in [2.75, 3.05) is 17.6 Å². The number of amides is 3. The van der Waals surface area contributed by atoms with Gasteiger partial charge in [-0.25, -0.2) is 0 Å². The molecule has 11 nitrogen and oxygen atoms in total. The van der Waals surface area contributed by atoms with Crippen molar-refractivity contribution in [3.63, 3.8) is 0 Å². The molecule has 3 rings (SSSR count). The van der Waals surface area contributed by atoms with Crippen LogP contribution in [0.25, 0.3) is 0 Å². The molecule has 1 aliphatic rings. The highest BCUT2D eigenvalue weighted by Crippen LogP contribution is 2.25. The topological polar surface area (TPSA) is 205 Å². The van der Waals surface area contributed by atoms with Crippen LogP contribution in [-0.2, 0) is 32.0 Å². The van der Waals surface area contributed by atoms with Crippen molar-refractivity contribution in [2.45, 2.75) is 57.9 Å². The first-order valence-corrected chi connectivity index (χ1v) is 12.8. The number of Topliss-reactive ketones (excluding diaryl/α,β-unsaturated/α-hetero) is 1. The van der Waals surface area contributed by atoms with Gasteiger partial charge in [0.1, 0.15) is 0 Å². The lowest BCUT2D eigenvalue weighted by atomic mass is 9.90. The number of nitrogens with one attached hydrogen (secondary N) is 2. The number of primary amides is 1. The van der Waals surface area contributed by atoms with E-state index in [2.05, 4.69) is 10.6 Å². The molecule has 0 spiro atoms. The van der Waals surface area contributed by atoms with Gasteiger partial charge in [0.25, 0.3) is 5.91 Å². The lowest BCUT2D eigenvalue weighted by Gasteiger charge is -2.23. The molecule has 39 heavy (non-hydrogen) atoms. The Hall–Kier alpha value is -4.34. The molecule has 2 aromatic carbocycles. The van der Waals surface area contributed by atoms with Gasteiger partial charge in [-0.1, -0.05) is 25.5 Å². The van der Waals surface area contributed by atoms with E-state index in [0.29, 0.717) is 55.6 Å². The minimum absolute atomic E-state index is 0.0240. The van der Waals surface area contributed by atoms with Crippen LogP contribution < -0.4 is 27.8 Å². The van der Waals surface area contributed by atoms with Crippen LogP contribution in [0.4, 0.5) is 11.4 Å². The first kappa shape index (κ1) is 30.9. The van der Waals surface area contributed by atoms with Crippen LogP contribution in [0.2, 0.25) is 0 Å². The first-order chi connectivity index (χ1) is 18.6. The minimum atomic E-state index is -0.728. The van der Waals surface area contributed by atoms with Gasteiger partial charge in [-0.05, 0) is 74.0 Å². The summed E-state index contributed by atoms with van der Waals surface area (Å²) >= 11 is 0. The van der Waals surface area contributed by atoms with Gasteiger partial charge in [0.15, 0.2) is 5.78 Å². The van der Waals surface area contributed by atoms with Crippen LogP contribution in [0.15, 0.2) is 36.4 Å². The first-order valence-electron chi connectivity index (χ1n) is 12.8. The Kier molecular flexibility index (Phi) is 12.0. The third-order valence-corrected chi connectivity index (χ3v) is 6.62. The molecule has 0 unspecified atom stereocenters. The predicted molar refractivity (Wildman–Crippen MR) is 144 cm³/mol. The number of hydrogen-bond donors (Lipinski definition) is 5. The van der Waals surface area contributed by atoms with Gasteiger partial charge in [0.05, 0.1) is 6.04 Å². The van der Waals surface area contributed by atoms with Crippen LogP contribution in [0, 0.1) is 5.92 Å². The molecule has 208 valence electrons. The molecule has 0 saturated carbocycles. The van der Waals surface area contributed by atoms with Crippen LogP contribution in [0.5, 0.6) is 0 Å². The Balaban J connectivity index is 0.00000170. The van der Waals surface area contributed by atoms with E-state index in [1.165, 1.54) is 0 Å². The van der Waals surface area contributed by atoms with Crippen LogP contribution in [0.1, 0.15) is 70.9 Å². The van der Waals surface area contributed by atoms with Crippen molar-refractivity contribution >= 4 is 41.0 Å². The van der Waals surface area contributed by atoms with E-state index in [4.69, 9.17) is 26.8 Å². The van der Waals surface area contributed by atoms with E-state index in [1.807, 2.05) is 6.92 Å². The highest BCUT2D eigenvalue weighted by atomic mass is 16.2. The van der Waals surface area contributed by atoms with E-state index in [0.717, 1.165) is 17.5 Å². The summed E-state index contributed by atoms with van der Waals surface area (Å²) < 4.78 is 0. The number of carbonyl (C=O) groups is 4. The van der Waals surface area contributed by atoms with Gasteiger partial charge in [0.2, 0.25) is 11.8 Å². The van der Waals surface area contributed by atoms with Crippen LogP contribution in [-0.4, -0.2) is 42.2 Å². The maximum Gasteiger partial charge on any atom is 0.373 e. The van der Waals surface area contributed by atoms with Crippen molar-refractivity contribution in [1.29, 1.82) is 0 Å². The van der Waals surface area contributed by atoms with Crippen molar-refractivity contribution in [3.05, 3.63) is 58.7 Å². The SMILES string of the molecule is CC[C@@H]1NC(=O)c2cc(N)ccc2CCc2ccc(C(N)=O)cc2NC(=O)[C@H](CCCCN)CC1=O.O=C=O. The molecular weight excluding hydrogens is 502 g/mol. The Labute approximate surface area is 226 Å². The van der Waals surface area contributed by atoms with Crippen LogP contribution >= 0.6 is 0 Å². The van der Waals surface area contributed by atoms with E-state index in [-0.39, 0.29) is 35.7 Å². The Morgan fingerprint density at radius 1 is 1.03 bits per heavy atom. The number of carbonyl (C=O) groups excluding carboxylic acids is 6. The number of nitrogens with two attached hydrogens (primary N) is 3. The third kappa shape index (κ3) is 8.87. The summed E-state index contributed by atoms with van der Waals surface area (Å²) in [6.07, 6.45) is 3.48. The number of unbranched alkanes of at least 4 members (excludes halogenated alkanes) is 1. The lowest BCUT2D eigenvalue weighted by Crippen LogP contribution is -2.42. The predicted octanol–water partition coefficient (Wildman–Crippen LogP) is 1.73. The highest BCUT2D eigenvalue weighted by molar-refractivity contribution is 6.02. The highest BCUT2D eigenvalue weighted by Gasteiger charge is 2.28. The zero-order valence-corrected chi connectivity index (χ0v) is 22.0. The Morgan fingerprint density at radius 3 is 2.33 bits per heavy atom. The zero-order chi connectivity index (χ0) is 28.9. The number of aryl methyl sites for hydroxylation is 2. The fraction of sp³-hybridized carbons (Fsp3) is 0.393. The van der Waals surface area contributed by atoms with Crippen molar-refractivity contribution in [2.24, 2.45) is 17.4 Å². The Morgan fingerprint density at radius 2 is 1.69 bits per heavy atom. The van der Waals surface area contributed by atoms with Gasteiger partial charge >= 0.3 is 6.15 Å². The molecule has 1 heterocycles. The summed E-state index contributed by atoms with van der Waals surface area (Å²) in [6, 6.07) is 9.33. The molecule has 2 atom stereocenters. The molecule has 0 saturated heterocycles. The second-order valence-corrected chi connectivity index (χ2v) is 9.31. The lowest BCUT2D eigenvalue weighted by molar-refractivity contribution is -0.191. The van der Waals surface area contributed by atoms with Crippen molar-refractivity contribution in [1.82, 2.24) is 5.32 Å². The molecule has 1 aliphatic heterocycles. The van der Waals surface area contributed by atoms with Crippen molar-refractivity contribution in [3.8, 4) is 0 Å². The monoisotopic (exact) mass is 537 g/mol. The molecular formula is C28H35N5O6. The fourth-order valence-electron chi connectivity index (χ4n) is 4.48. The van der Waals surface area contributed by atoms with Gasteiger partial charge < -0.3 is 27.8 Å². The molecule has 0 fully saturated rings. The number of hydrogen-bond acceptors (Lipinski definition) is 8. The van der Waals surface area contributed by atoms with E-state index < -0.39 is 17.9 Å². The third-order valence-electron chi connectivity index (χ3n) is 6.62. The van der Waals surface area contributed by atoms with Crippen LogP contribution in [0.3, 0.4) is 0 Å². The molecule has 0 radical (unpaired) electrons. The maximum absolute atomic E-state index is 13.4. The Bertz CT molecular complexity index is 1240. The van der Waals surface area contributed by atoms with Gasteiger partial charge in [-0.3, -0.25) is 19.2 Å². The van der Waals surface area contributed by atoms with Gasteiger partial charge in [-0.15, -0.1) is 0 Å². The molecule has 11 heteroatoms. The molecule has 0 bridgehead atoms. The standard InChI is InChI=1S/C27H35N5O4.CO2/c1-2-22-24(33)14-19(5-3-4-12-28)26(35)32-23-13-18(25(30)34)9-8-17(23)7-6-16-10-11-20(29)15-21(16)27(36)31-22;2-1-3/h8-11,13,15,19,22H,2-7,12,14,28-29H2,1H3,(H2,30,34)(H,31,36)(H,32,35);/t19-,22+;/m1./s1. The van der Waals surface area contributed by atoms with Gasteiger partial charge in [-0.2, -0.15) is 9.59 Å². The van der Waals surface area contributed by atoms with E-state index in [9.17, 15) is 19.2 Å². The summed E-state index contributed by atoms with van der Waals surface area (Å²) in [5.41, 5.74) is 20.2. The van der Waals surface area contributed by atoms with E-state index >= 15 is 0 Å².